The van der Waals surface area contributed by atoms with Gasteiger partial charge in [-0.2, -0.15) is 18.3 Å². The summed E-state index contributed by atoms with van der Waals surface area (Å²) in [5.74, 6) is 0.111. The van der Waals surface area contributed by atoms with E-state index in [1.54, 1.807) is 18.2 Å². The summed E-state index contributed by atoms with van der Waals surface area (Å²) < 4.78 is 53.4. The molecule has 0 aliphatic carbocycles. The predicted molar refractivity (Wildman–Crippen MR) is 121 cm³/mol. The van der Waals surface area contributed by atoms with E-state index >= 15 is 0 Å². The van der Waals surface area contributed by atoms with Crippen molar-refractivity contribution in [3.63, 3.8) is 0 Å². The normalized spacial score (nSPS) is 19.6. The molecule has 8 nitrogen and oxygen atoms in total. The van der Waals surface area contributed by atoms with Gasteiger partial charge >= 0.3 is 6.18 Å². The van der Waals surface area contributed by atoms with Gasteiger partial charge in [0.15, 0.2) is 17.5 Å². The maximum atomic E-state index is 14.0. The molecule has 1 amide bonds. The Kier molecular flexibility index (Phi) is 5.59. The molecule has 0 unspecified atom stereocenters. The van der Waals surface area contributed by atoms with Crippen LogP contribution in [0.3, 0.4) is 0 Å². The number of fused-ring (bicyclic) bond motifs is 2. The smallest absolute Gasteiger partial charge is 0.410 e. The standard InChI is InChI=1S/C24H23F3N4O4/c1-12-3-5-14(6-4-12)17-9-21(24(25,26)27)31-22(29-17)16(10-28-31)23(33)30-18-8-20-19(34-11-35-20)7-15(18)13(2)32/h3-8,10,13,17,21,29,32H,9,11H2,1-2H3,(H,30,33)/t13-,17-,21-/m0/s1. The highest BCUT2D eigenvalue weighted by molar-refractivity contribution is 6.08. The molecule has 0 fully saturated rings. The Hall–Kier alpha value is -3.73. The Bertz CT molecular complexity index is 1270. The summed E-state index contributed by atoms with van der Waals surface area (Å²) >= 11 is 0. The minimum atomic E-state index is -4.56. The van der Waals surface area contributed by atoms with Crippen LogP contribution in [0.4, 0.5) is 24.7 Å². The second-order valence-corrected chi connectivity index (χ2v) is 8.67. The van der Waals surface area contributed by atoms with Gasteiger partial charge in [0, 0.05) is 18.1 Å². The minimum absolute atomic E-state index is 0.00600. The highest BCUT2D eigenvalue weighted by Gasteiger charge is 2.47. The molecule has 0 saturated heterocycles. The Balaban J connectivity index is 1.50. The fourth-order valence-corrected chi connectivity index (χ4v) is 4.35. The molecule has 0 spiro atoms. The molecular formula is C24H23F3N4O4. The first kappa shape index (κ1) is 23.0. The van der Waals surface area contributed by atoms with E-state index in [-0.39, 0.29) is 30.3 Å². The van der Waals surface area contributed by atoms with Crippen molar-refractivity contribution in [2.75, 3.05) is 17.4 Å². The van der Waals surface area contributed by atoms with Crippen LogP contribution in [0.15, 0.2) is 42.6 Å². The van der Waals surface area contributed by atoms with E-state index in [1.165, 1.54) is 13.0 Å². The molecule has 2 aliphatic heterocycles. The van der Waals surface area contributed by atoms with Crippen LogP contribution in [0, 0.1) is 6.92 Å². The summed E-state index contributed by atoms with van der Waals surface area (Å²) in [5, 5.41) is 19.8. The Morgan fingerprint density at radius 1 is 1.23 bits per heavy atom. The zero-order valence-corrected chi connectivity index (χ0v) is 18.9. The number of hydrogen-bond acceptors (Lipinski definition) is 6. The van der Waals surface area contributed by atoms with Crippen molar-refractivity contribution < 1.29 is 32.5 Å². The third kappa shape index (κ3) is 4.27. The van der Waals surface area contributed by atoms with Gasteiger partial charge in [0.2, 0.25) is 6.79 Å². The van der Waals surface area contributed by atoms with E-state index in [2.05, 4.69) is 15.7 Å². The van der Waals surface area contributed by atoms with E-state index in [0.29, 0.717) is 22.6 Å². The average Bonchev–Trinajstić information content (AvgIpc) is 3.44. The highest BCUT2D eigenvalue weighted by Crippen LogP contribution is 2.45. The Morgan fingerprint density at radius 3 is 2.57 bits per heavy atom. The van der Waals surface area contributed by atoms with E-state index in [1.807, 2.05) is 19.1 Å². The monoisotopic (exact) mass is 488 g/mol. The number of halogens is 3. The SMILES string of the molecule is Cc1ccc([C@@H]2C[C@@H](C(F)(F)F)n3ncc(C(=O)Nc4cc5c(cc4[C@H](C)O)OCO5)c3N2)cc1. The molecular weight excluding hydrogens is 465 g/mol. The molecule has 3 heterocycles. The second kappa shape index (κ2) is 8.49. The second-order valence-electron chi connectivity index (χ2n) is 8.67. The van der Waals surface area contributed by atoms with Gasteiger partial charge in [0.1, 0.15) is 11.4 Å². The third-order valence-electron chi connectivity index (χ3n) is 6.21. The van der Waals surface area contributed by atoms with Crippen molar-refractivity contribution in [2.24, 2.45) is 0 Å². The van der Waals surface area contributed by atoms with E-state index in [4.69, 9.17) is 9.47 Å². The fourth-order valence-electron chi connectivity index (χ4n) is 4.35. The first-order valence-corrected chi connectivity index (χ1v) is 11.0. The van der Waals surface area contributed by atoms with Gasteiger partial charge in [0.25, 0.3) is 5.91 Å². The third-order valence-corrected chi connectivity index (χ3v) is 6.21. The van der Waals surface area contributed by atoms with E-state index < -0.39 is 30.3 Å². The lowest BCUT2D eigenvalue weighted by Gasteiger charge is -2.34. The zero-order chi connectivity index (χ0) is 24.9. The van der Waals surface area contributed by atoms with Crippen molar-refractivity contribution >= 4 is 17.4 Å². The topological polar surface area (TPSA) is 97.6 Å². The quantitative estimate of drug-likeness (QED) is 0.484. The molecule has 5 rings (SSSR count). The molecule has 2 aliphatic rings. The zero-order valence-electron chi connectivity index (χ0n) is 18.9. The van der Waals surface area contributed by atoms with Gasteiger partial charge < -0.3 is 25.2 Å². The van der Waals surface area contributed by atoms with Crippen LogP contribution < -0.4 is 20.1 Å². The first-order chi connectivity index (χ1) is 16.6. The molecule has 3 atom stereocenters. The Labute approximate surface area is 198 Å². The molecule has 2 aromatic carbocycles. The number of aliphatic hydroxyl groups excluding tert-OH is 1. The van der Waals surface area contributed by atoms with Gasteiger partial charge in [0.05, 0.1) is 24.0 Å². The number of hydrogen-bond donors (Lipinski definition) is 3. The molecule has 184 valence electrons. The number of ether oxygens (including phenoxy) is 2. The summed E-state index contributed by atoms with van der Waals surface area (Å²) in [5.41, 5.74) is 2.25. The predicted octanol–water partition coefficient (Wildman–Crippen LogP) is 4.89. The number of rotatable bonds is 4. The minimum Gasteiger partial charge on any atom is -0.454 e. The van der Waals surface area contributed by atoms with Crippen molar-refractivity contribution in [2.45, 2.75) is 44.6 Å². The van der Waals surface area contributed by atoms with Crippen LogP contribution in [0.25, 0.3) is 0 Å². The number of carbonyl (C=O) groups excluding carboxylic acids is 1. The summed E-state index contributed by atoms with van der Waals surface area (Å²) in [6, 6.07) is 7.70. The summed E-state index contributed by atoms with van der Waals surface area (Å²) in [6.07, 6.45) is -4.66. The van der Waals surface area contributed by atoms with Gasteiger partial charge in [-0.25, -0.2) is 4.68 Å². The fraction of sp³-hybridized carbons (Fsp3) is 0.333. The summed E-state index contributed by atoms with van der Waals surface area (Å²) in [4.78, 5) is 13.2. The number of nitrogens with one attached hydrogen (secondary N) is 2. The maximum Gasteiger partial charge on any atom is 0.410 e. The molecule has 0 saturated carbocycles. The van der Waals surface area contributed by atoms with E-state index in [0.717, 1.165) is 16.4 Å². The van der Waals surface area contributed by atoms with Crippen molar-refractivity contribution in [3.8, 4) is 11.5 Å². The van der Waals surface area contributed by atoms with Crippen LogP contribution in [-0.2, 0) is 0 Å². The van der Waals surface area contributed by atoms with E-state index in [9.17, 15) is 23.1 Å². The Morgan fingerprint density at radius 2 is 1.91 bits per heavy atom. The highest BCUT2D eigenvalue weighted by atomic mass is 19.4. The lowest BCUT2D eigenvalue weighted by molar-refractivity contribution is -0.173. The van der Waals surface area contributed by atoms with Crippen LogP contribution in [-0.4, -0.2) is 33.8 Å². The number of aryl methyl sites for hydroxylation is 1. The van der Waals surface area contributed by atoms with Crippen molar-refractivity contribution in [1.82, 2.24) is 9.78 Å². The number of aromatic nitrogens is 2. The van der Waals surface area contributed by atoms with Crippen molar-refractivity contribution in [3.05, 3.63) is 64.8 Å². The van der Waals surface area contributed by atoms with Crippen LogP contribution in [0.5, 0.6) is 11.5 Å². The van der Waals surface area contributed by atoms with Gasteiger partial charge in [-0.15, -0.1) is 0 Å². The number of nitrogens with zero attached hydrogens (tertiary/aromatic N) is 2. The van der Waals surface area contributed by atoms with Gasteiger partial charge in [-0.3, -0.25) is 4.79 Å². The summed E-state index contributed by atoms with van der Waals surface area (Å²) in [7, 11) is 0. The lowest BCUT2D eigenvalue weighted by atomic mass is 9.96. The van der Waals surface area contributed by atoms with Crippen molar-refractivity contribution in [1.29, 1.82) is 0 Å². The number of anilines is 2. The average molecular weight is 488 g/mol. The number of aliphatic hydroxyl groups is 1. The van der Waals surface area contributed by atoms with Gasteiger partial charge in [-0.1, -0.05) is 29.8 Å². The molecule has 0 radical (unpaired) electrons. The number of carbonyl (C=O) groups is 1. The number of benzene rings is 2. The molecule has 35 heavy (non-hydrogen) atoms. The molecule has 3 aromatic rings. The van der Waals surface area contributed by atoms with Crippen LogP contribution >= 0.6 is 0 Å². The molecule has 1 aromatic heterocycles. The number of amides is 1. The largest absolute Gasteiger partial charge is 0.454 e. The van der Waals surface area contributed by atoms with Crippen LogP contribution in [0.2, 0.25) is 0 Å². The molecule has 11 heteroatoms. The molecule has 3 N–H and O–H groups in total. The van der Waals surface area contributed by atoms with Crippen LogP contribution in [0.1, 0.15) is 58.6 Å². The summed E-state index contributed by atoms with van der Waals surface area (Å²) in [6.45, 7) is 3.43. The van der Waals surface area contributed by atoms with Gasteiger partial charge in [-0.05, 0) is 25.5 Å². The number of alkyl halides is 3. The molecule has 0 bridgehead atoms. The maximum absolute atomic E-state index is 14.0. The first-order valence-electron chi connectivity index (χ1n) is 11.0. The lowest BCUT2D eigenvalue weighted by Crippen LogP contribution is -2.36.